The van der Waals surface area contributed by atoms with Crippen molar-refractivity contribution in [2.24, 2.45) is 0 Å². The standard InChI is InChI=1S/C13H15NO2/c1-10-9-16-13(15)12(10)14-8-7-11-5-3-2-4-6-11/h2-6,12,14H,1,7-9H2. The highest BCUT2D eigenvalue weighted by Crippen LogP contribution is 2.11. The van der Waals surface area contributed by atoms with E-state index in [1.807, 2.05) is 18.2 Å². The molecule has 2 rings (SSSR count). The van der Waals surface area contributed by atoms with Crippen molar-refractivity contribution in [3.8, 4) is 0 Å². The number of rotatable bonds is 4. The monoisotopic (exact) mass is 217 g/mol. The summed E-state index contributed by atoms with van der Waals surface area (Å²) in [5, 5.41) is 3.16. The molecule has 1 N–H and O–H groups in total. The Morgan fingerprint density at radius 3 is 2.75 bits per heavy atom. The maximum absolute atomic E-state index is 11.3. The minimum Gasteiger partial charge on any atom is -0.460 e. The van der Waals surface area contributed by atoms with E-state index >= 15 is 0 Å². The zero-order valence-corrected chi connectivity index (χ0v) is 9.11. The molecule has 1 aromatic rings. The van der Waals surface area contributed by atoms with Crippen LogP contribution in [0.5, 0.6) is 0 Å². The SMILES string of the molecule is C=C1COC(=O)C1NCCc1ccccc1. The average Bonchev–Trinajstić information content (AvgIpc) is 2.62. The lowest BCUT2D eigenvalue weighted by Gasteiger charge is -2.09. The number of hydrogen-bond donors (Lipinski definition) is 1. The molecule has 1 aromatic carbocycles. The summed E-state index contributed by atoms with van der Waals surface area (Å²) in [6.45, 7) is 4.91. The van der Waals surface area contributed by atoms with Gasteiger partial charge in [-0.2, -0.15) is 0 Å². The summed E-state index contributed by atoms with van der Waals surface area (Å²) in [5.74, 6) is -0.210. The highest BCUT2D eigenvalue weighted by molar-refractivity contribution is 5.82. The molecule has 16 heavy (non-hydrogen) atoms. The molecule has 1 saturated heterocycles. The third-order valence-electron chi connectivity index (χ3n) is 2.65. The zero-order valence-electron chi connectivity index (χ0n) is 9.11. The van der Waals surface area contributed by atoms with Gasteiger partial charge in [-0.1, -0.05) is 36.9 Å². The van der Waals surface area contributed by atoms with Crippen molar-refractivity contribution < 1.29 is 9.53 Å². The van der Waals surface area contributed by atoms with Crippen molar-refractivity contribution in [3.05, 3.63) is 48.0 Å². The van der Waals surface area contributed by atoms with E-state index in [2.05, 4.69) is 24.0 Å². The Bertz CT molecular complexity index is 370. The molecule has 0 spiro atoms. The Hall–Kier alpha value is -1.61. The first kappa shape index (κ1) is 10.9. The second-order valence-electron chi connectivity index (χ2n) is 3.89. The largest absolute Gasteiger partial charge is 0.460 e. The first-order valence-corrected chi connectivity index (χ1v) is 5.39. The van der Waals surface area contributed by atoms with Crippen LogP contribution >= 0.6 is 0 Å². The number of hydrogen-bond acceptors (Lipinski definition) is 3. The molecule has 1 heterocycles. The number of cyclic esters (lactones) is 1. The van der Waals surface area contributed by atoms with Crippen LogP contribution < -0.4 is 5.32 Å². The van der Waals surface area contributed by atoms with E-state index < -0.39 is 0 Å². The summed E-state index contributed by atoms with van der Waals surface area (Å²) in [4.78, 5) is 11.3. The van der Waals surface area contributed by atoms with Crippen molar-refractivity contribution in [2.75, 3.05) is 13.2 Å². The van der Waals surface area contributed by atoms with Gasteiger partial charge in [-0.15, -0.1) is 0 Å². The van der Waals surface area contributed by atoms with Gasteiger partial charge in [-0.05, 0) is 17.6 Å². The predicted molar refractivity (Wildman–Crippen MR) is 62.0 cm³/mol. The van der Waals surface area contributed by atoms with Crippen molar-refractivity contribution >= 4 is 5.97 Å². The van der Waals surface area contributed by atoms with Crippen LogP contribution in [0.15, 0.2) is 42.5 Å². The van der Waals surface area contributed by atoms with E-state index in [-0.39, 0.29) is 12.0 Å². The Morgan fingerprint density at radius 1 is 1.38 bits per heavy atom. The first-order valence-electron chi connectivity index (χ1n) is 5.39. The van der Waals surface area contributed by atoms with Gasteiger partial charge in [0.2, 0.25) is 0 Å². The third-order valence-corrected chi connectivity index (χ3v) is 2.65. The van der Waals surface area contributed by atoms with Crippen LogP contribution in [0.1, 0.15) is 5.56 Å². The fourth-order valence-corrected chi connectivity index (χ4v) is 1.73. The van der Waals surface area contributed by atoms with Gasteiger partial charge < -0.3 is 10.1 Å². The van der Waals surface area contributed by atoms with E-state index in [1.165, 1.54) is 5.56 Å². The van der Waals surface area contributed by atoms with Gasteiger partial charge >= 0.3 is 5.97 Å². The fraction of sp³-hybridized carbons (Fsp3) is 0.308. The van der Waals surface area contributed by atoms with Gasteiger partial charge in [0, 0.05) is 6.54 Å². The number of esters is 1. The molecule has 0 aromatic heterocycles. The van der Waals surface area contributed by atoms with E-state index in [4.69, 9.17) is 4.74 Å². The lowest BCUT2D eigenvalue weighted by atomic mass is 10.1. The summed E-state index contributed by atoms with van der Waals surface area (Å²) >= 11 is 0. The molecule has 1 fully saturated rings. The van der Waals surface area contributed by atoms with Crippen LogP contribution in [0.3, 0.4) is 0 Å². The maximum Gasteiger partial charge on any atom is 0.327 e. The molecule has 1 aliphatic rings. The van der Waals surface area contributed by atoms with Gasteiger partial charge in [-0.3, -0.25) is 0 Å². The van der Waals surface area contributed by atoms with Gasteiger partial charge in [0.25, 0.3) is 0 Å². The highest BCUT2D eigenvalue weighted by Gasteiger charge is 2.29. The molecular weight excluding hydrogens is 202 g/mol. The summed E-state index contributed by atoms with van der Waals surface area (Å²) in [6.07, 6.45) is 0.901. The maximum atomic E-state index is 11.3. The molecule has 0 bridgehead atoms. The minimum atomic E-state index is -0.316. The Labute approximate surface area is 95.1 Å². The quantitative estimate of drug-likeness (QED) is 0.610. The van der Waals surface area contributed by atoms with Gasteiger partial charge in [-0.25, -0.2) is 4.79 Å². The van der Waals surface area contributed by atoms with E-state index in [0.717, 1.165) is 18.5 Å². The van der Waals surface area contributed by atoms with Crippen molar-refractivity contribution in [1.82, 2.24) is 5.32 Å². The molecular formula is C13H15NO2. The zero-order chi connectivity index (χ0) is 11.4. The molecule has 0 radical (unpaired) electrons. The first-order chi connectivity index (χ1) is 7.77. The molecule has 1 atom stereocenters. The second-order valence-corrected chi connectivity index (χ2v) is 3.89. The topological polar surface area (TPSA) is 38.3 Å². The summed E-state index contributed by atoms with van der Waals surface area (Å²) in [5.41, 5.74) is 2.07. The lowest BCUT2D eigenvalue weighted by molar-refractivity contribution is -0.139. The van der Waals surface area contributed by atoms with Crippen molar-refractivity contribution in [1.29, 1.82) is 0 Å². The average molecular weight is 217 g/mol. The lowest BCUT2D eigenvalue weighted by Crippen LogP contribution is -2.35. The summed E-state index contributed by atoms with van der Waals surface area (Å²) in [6, 6.07) is 9.85. The third kappa shape index (κ3) is 2.49. The molecule has 0 amide bonds. The van der Waals surface area contributed by atoms with Crippen LogP contribution in [0.2, 0.25) is 0 Å². The number of benzene rings is 1. The van der Waals surface area contributed by atoms with Gasteiger partial charge in [0.05, 0.1) is 0 Å². The van der Waals surface area contributed by atoms with Crippen LogP contribution in [-0.2, 0) is 16.0 Å². The smallest absolute Gasteiger partial charge is 0.327 e. The number of carbonyl (C=O) groups is 1. The van der Waals surface area contributed by atoms with Gasteiger partial charge in [0.15, 0.2) is 0 Å². The van der Waals surface area contributed by atoms with Crippen LogP contribution in [0, 0.1) is 0 Å². The minimum absolute atomic E-state index is 0.210. The van der Waals surface area contributed by atoms with E-state index in [9.17, 15) is 4.79 Å². The van der Waals surface area contributed by atoms with Crippen LogP contribution in [0.25, 0.3) is 0 Å². The Morgan fingerprint density at radius 2 is 2.12 bits per heavy atom. The molecule has 3 nitrogen and oxygen atoms in total. The molecule has 0 saturated carbocycles. The summed E-state index contributed by atoms with van der Waals surface area (Å²) in [7, 11) is 0. The van der Waals surface area contributed by atoms with Crippen LogP contribution in [0.4, 0.5) is 0 Å². The van der Waals surface area contributed by atoms with Gasteiger partial charge in [0.1, 0.15) is 12.6 Å². The molecule has 1 aliphatic heterocycles. The van der Waals surface area contributed by atoms with E-state index in [1.54, 1.807) is 0 Å². The Kier molecular flexibility index (Phi) is 3.37. The fourth-order valence-electron chi connectivity index (χ4n) is 1.73. The number of ether oxygens (including phenoxy) is 1. The number of carbonyl (C=O) groups excluding carboxylic acids is 1. The molecule has 84 valence electrons. The van der Waals surface area contributed by atoms with Crippen LogP contribution in [-0.4, -0.2) is 25.2 Å². The number of nitrogens with one attached hydrogen (secondary N) is 1. The normalized spacial score (nSPS) is 19.9. The highest BCUT2D eigenvalue weighted by atomic mass is 16.5. The molecule has 1 unspecified atom stereocenters. The molecule has 3 heteroatoms. The van der Waals surface area contributed by atoms with Crippen molar-refractivity contribution in [2.45, 2.75) is 12.5 Å². The Balaban J connectivity index is 1.80. The summed E-state index contributed by atoms with van der Waals surface area (Å²) < 4.78 is 4.88. The van der Waals surface area contributed by atoms with E-state index in [0.29, 0.717) is 6.61 Å². The predicted octanol–water partition coefficient (Wildman–Crippen LogP) is 1.30. The second kappa shape index (κ2) is 4.94. The van der Waals surface area contributed by atoms with Crippen molar-refractivity contribution in [3.63, 3.8) is 0 Å². The molecule has 0 aliphatic carbocycles.